The Labute approximate surface area is 217 Å². The summed E-state index contributed by atoms with van der Waals surface area (Å²) in [7, 11) is -0.764. The number of amides is 1. The lowest BCUT2D eigenvalue weighted by molar-refractivity contribution is -0.125. The highest BCUT2D eigenvalue weighted by atomic mass is 32.2. The molecule has 0 radical (unpaired) electrons. The van der Waals surface area contributed by atoms with Crippen molar-refractivity contribution in [3.05, 3.63) is 53.1 Å². The second kappa shape index (κ2) is 10.5. The number of ether oxygens (including phenoxy) is 1. The molecule has 0 aliphatic heterocycles. The first kappa shape index (κ1) is 26.6. The molecule has 0 fully saturated rings. The lowest BCUT2D eigenvalue weighted by Crippen LogP contribution is -2.37. The van der Waals surface area contributed by atoms with E-state index in [4.69, 9.17) is 9.26 Å². The summed E-state index contributed by atoms with van der Waals surface area (Å²) in [5.41, 5.74) is 3.29. The minimum absolute atomic E-state index is 0.0405. The van der Waals surface area contributed by atoms with Crippen LogP contribution >= 0.6 is 0 Å². The van der Waals surface area contributed by atoms with Gasteiger partial charge < -0.3 is 14.2 Å². The first-order valence-electron chi connectivity index (χ1n) is 12.1. The van der Waals surface area contributed by atoms with Crippen molar-refractivity contribution >= 4 is 21.5 Å². The molecule has 2 aromatic rings. The molecular formula is C26H31N5O5S. The van der Waals surface area contributed by atoms with Crippen LogP contribution in [-0.2, 0) is 26.0 Å². The average Bonchev–Trinajstić information content (AvgIpc) is 3.46. The van der Waals surface area contributed by atoms with E-state index in [-0.39, 0.29) is 12.0 Å². The van der Waals surface area contributed by atoms with Crippen LogP contribution < -0.4 is 4.72 Å². The summed E-state index contributed by atoms with van der Waals surface area (Å²) in [4.78, 5) is 17.8. The number of aromatic nitrogens is 2. The van der Waals surface area contributed by atoms with Crippen molar-refractivity contribution in [2.75, 3.05) is 19.8 Å². The molecule has 0 spiro atoms. The Morgan fingerprint density at radius 1 is 1.32 bits per heavy atom. The van der Waals surface area contributed by atoms with Crippen LogP contribution in [0.3, 0.4) is 0 Å². The maximum absolute atomic E-state index is 12.6. The Hall–Kier alpha value is -3.49. The number of carbonyl (C=O) groups excluding carboxylic acids is 1. The van der Waals surface area contributed by atoms with Gasteiger partial charge in [0.25, 0.3) is 5.89 Å². The number of carbonyl (C=O) groups is 1. The number of hydrogen-bond donors (Lipinski definition) is 1. The zero-order valence-corrected chi connectivity index (χ0v) is 22.4. The molecule has 10 nitrogen and oxygen atoms in total. The zero-order chi connectivity index (χ0) is 26.9. The van der Waals surface area contributed by atoms with Crippen LogP contribution in [0.25, 0.3) is 17.0 Å². The minimum Gasteiger partial charge on any atom is -0.494 e. The molecule has 1 aromatic heterocycles. The van der Waals surface area contributed by atoms with Gasteiger partial charge in [0.2, 0.25) is 21.8 Å². The van der Waals surface area contributed by atoms with Gasteiger partial charge in [-0.1, -0.05) is 30.3 Å². The maximum atomic E-state index is 12.6. The highest BCUT2D eigenvalue weighted by Crippen LogP contribution is 2.40. The third-order valence-corrected chi connectivity index (χ3v) is 7.82. The third kappa shape index (κ3) is 5.60. The fourth-order valence-electron chi connectivity index (χ4n) is 4.67. The largest absolute Gasteiger partial charge is 0.494 e. The minimum atomic E-state index is -3.81. The predicted molar refractivity (Wildman–Crippen MR) is 137 cm³/mol. The number of nitrogens with one attached hydrogen (secondary N) is 1. The Morgan fingerprint density at radius 3 is 2.76 bits per heavy atom. The van der Waals surface area contributed by atoms with E-state index < -0.39 is 33.6 Å². The Kier molecular flexibility index (Phi) is 7.52. The second-order valence-corrected chi connectivity index (χ2v) is 11.6. The summed E-state index contributed by atoms with van der Waals surface area (Å²) in [5.74, 6) is -0.411. The average molecular weight is 526 g/mol. The quantitative estimate of drug-likeness (QED) is 0.554. The number of sulfonamides is 1. The van der Waals surface area contributed by atoms with Crippen LogP contribution in [0.15, 0.2) is 40.6 Å². The molecule has 1 heterocycles. The molecule has 0 saturated carbocycles. The predicted octanol–water partition coefficient (Wildman–Crippen LogP) is 3.21. The van der Waals surface area contributed by atoms with Crippen LogP contribution in [-0.4, -0.2) is 55.3 Å². The highest BCUT2D eigenvalue weighted by Gasteiger charge is 2.34. The summed E-state index contributed by atoms with van der Waals surface area (Å²) in [6.07, 6.45) is 4.77. The number of allylic oxidation sites excluding steroid dienone is 4. The summed E-state index contributed by atoms with van der Waals surface area (Å²) in [6.45, 7) is 5.76. The number of nitrogens with zero attached hydrogens (tertiary/aromatic N) is 4. The lowest BCUT2D eigenvalue weighted by Gasteiger charge is -2.26. The number of nitriles is 1. The topological polar surface area (TPSA) is 138 Å². The third-order valence-electron chi connectivity index (χ3n) is 6.55. The van der Waals surface area contributed by atoms with Crippen LogP contribution in [0.2, 0.25) is 0 Å². The molecule has 3 atom stereocenters. The van der Waals surface area contributed by atoms with Crippen LogP contribution in [0.4, 0.5) is 0 Å². The maximum Gasteiger partial charge on any atom is 0.254 e. The first-order valence-corrected chi connectivity index (χ1v) is 13.8. The smallest absolute Gasteiger partial charge is 0.254 e. The molecule has 4 rings (SSSR count). The van der Waals surface area contributed by atoms with Crippen molar-refractivity contribution in [2.45, 2.75) is 45.8 Å². The summed E-state index contributed by atoms with van der Waals surface area (Å²) in [5, 5.41) is 13.9. The van der Waals surface area contributed by atoms with E-state index in [1.807, 2.05) is 45.0 Å². The van der Waals surface area contributed by atoms with E-state index in [0.29, 0.717) is 30.3 Å². The van der Waals surface area contributed by atoms with Gasteiger partial charge in [-0.15, -0.1) is 0 Å². The SMILES string of the molecule is CC(C)OC1=CC=C(c2nc(-c3cccc4c3CC[C@@H]4NS(=O)(=O)CC(=O)N(C)C)no2)C(C)C1C#N. The molecule has 2 aliphatic carbocycles. The number of rotatable bonds is 8. The monoisotopic (exact) mass is 525 g/mol. The van der Waals surface area contributed by atoms with E-state index >= 15 is 0 Å². The Bertz CT molecular complexity index is 1400. The number of benzene rings is 1. The summed E-state index contributed by atoms with van der Waals surface area (Å²) in [6, 6.07) is 7.46. The van der Waals surface area contributed by atoms with E-state index in [0.717, 1.165) is 22.3 Å². The van der Waals surface area contributed by atoms with Gasteiger partial charge in [0.1, 0.15) is 17.4 Å². The van der Waals surface area contributed by atoms with E-state index in [1.54, 1.807) is 6.08 Å². The standard InChI is InChI=1S/C26H31N5O5S/c1-15(2)35-23-12-10-17(16(3)21(23)13-27)26-28-25(29-36-26)20-8-6-7-19-18(20)9-11-22(19)30-37(33,34)14-24(32)31(4)5/h6-8,10,12,15-16,21-22,30H,9,11,14H2,1-5H3/t16?,21?,22-/m0/s1. The van der Waals surface area contributed by atoms with Crippen molar-refractivity contribution in [3.8, 4) is 17.5 Å². The van der Waals surface area contributed by atoms with Gasteiger partial charge in [-0.2, -0.15) is 10.2 Å². The fourth-order valence-corrected chi connectivity index (χ4v) is 6.01. The number of hydrogen-bond acceptors (Lipinski definition) is 8. The van der Waals surface area contributed by atoms with Gasteiger partial charge in [-0.25, -0.2) is 13.1 Å². The van der Waals surface area contributed by atoms with Crippen molar-refractivity contribution in [1.29, 1.82) is 5.26 Å². The van der Waals surface area contributed by atoms with Gasteiger partial charge in [0.05, 0.1) is 12.2 Å². The Morgan fingerprint density at radius 2 is 2.08 bits per heavy atom. The molecule has 1 aromatic carbocycles. The van der Waals surface area contributed by atoms with Crippen LogP contribution in [0, 0.1) is 23.2 Å². The van der Waals surface area contributed by atoms with Gasteiger partial charge in [0, 0.05) is 37.2 Å². The summed E-state index contributed by atoms with van der Waals surface area (Å²) < 4.78 is 39.2. The second-order valence-electron chi connectivity index (χ2n) is 9.81. The molecule has 0 bridgehead atoms. The van der Waals surface area contributed by atoms with Crippen molar-refractivity contribution in [2.24, 2.45) is 11.8 Å². The zero-order valence-electron chi connectivity index (χ0n) is 21.6. The van der Waals surface area contributed by atoms with Gasteiger partial charge >= 0.3 is 0 Å². The first-order chi connectivity index (χ1) is 17.5. The highest BCUT2D eigenvalue weighted by molar-refractivity contribution is 7.90. The van der Waals surface area contributed by atoms with Crippen molar-refractivity contribution in [3.63, 3.8) is 0 Å². The molecule has 1 N–H and O–H groups in total. The van der Waals surface area contributed by atoms with E-state index in [2.05, 4.69) is 20.9 Å². The molecular weight excluding hydrogens is 494 g/mol. The van der Waals surface area contributed by atoms with Crippen molar-refractivity contribution in [1.82, 2.24) is 19.8 Å². The van der Waals surface area contributed by atoms with Crippen LogP contribution in [0.1, 0.15) is 50.3 Å². The molecule has 37 heavy (non-hydrogen) atoms. The molecule has 2 aliphatic rings. The van der Waals surface area contributed by atoms with Gasteiger partial charge in [-0.3, -0.25) is 4.79 Å². The fraction of sp³-hybridized carbons (Fsp3) is 0.462. The molecule has 11 heteroatoms. The molecule has 196 valence electrons. The molecule has 2 unspecified atom stereocenters. The number of fused-ring (bicyclic) bond motifs is 1. The van der Waals surface area contributed by atoms with Crippen molar-refractivity contribution < 1.29 is 22.5 Å². The molecule has 1 amide bonds. The normalized spacial score (nSPS) is 21.2. The Balaban J connectivity index is 1.59. The van der Waals surface area contributed by atoms with Gasteiger partial charge in [0.15, 0.2) is 0 Å². The lowest BCUT2D eigenvalue weighted by atomic mass is 9.83. The van der Waals surface area contributed by atoms with E-state index in [9.17, 15) is 18.5 Å². The van der Waals surface area contributed by atoms with Crippen LogP contribution in [0.5, 0.6) is 0 Å². The van der Waals surface area contributed by atoms with E-state index in [1.165, 1.54) is 19.0 Å². The van der Waals surface area contributed by atoms with Gasteiger partial charge in [-0.05, 0) is 50.0 Å². The molecule has 0 saturated heterocycles. The summed E-state index contributed by atoms with van der Waals surface area (Å²) >= 11 is 0.